The number of hydrogen-bond acceptors (Lipinski definition) is 3. The van der Waals surface area contributed by atoms with Gasteiger partial charge in [0.1, 0.15) is 0 Å². The number of hydrogen-bond donors (Lipinski definition) is 1. The molecule has 2 rings (SSSR count). The third-order valence-corrected chi connectivity index (χ3v) is 4.38. The van der Waals surface area contributed by atoms with Crippen LogP contribution in [-0.4, -0.2) is 11.7 Å². The van der Waals surface area contributed by atoms with Crippen LogP contribution < -0.4 is 5.32 Å². The summed E-state index contributed by atoms with van der Waals surface area (Å²) in [5, 5.41) is 2.53. The summed E-state index contributed by atoms with van der Waals surface area (Å²) in [7, 11) is 0. The Morgan fingerprint density at radius 2 is 1.88 bits per heavy atom. The van der Waals surface area contributed by atoms with Crippen molar-refractivity contribution >= 4 is 23.0 Å². The Morgan fingerprint density at radius 1 is 1.12 bits per heavy atom. The molecular formula is C17H16F3NO2S. The molecule has 24 heavy (non-hydrogen) atoms. The molecule has 1 heterocycles. The first-order valence-electron chi connectivity index (χ1n) is 7.28. The molecule has 1 amide bonds. The zero-order valence-corrected chi connectivity index (χ0v) is 13.8. The molecule has 7 heteroatoms. The number of rotatable bonds is 6. The van der Waals surface area contributed by atoms with E-state index in [2.05, 4.69) is 5.32 Å². The van der Waals surface area contributed by atoms with E-state index >= 15 is 0 Å². The van der Waals surface area contributed by atoms with Gasteiger partial charge >= 0.3 is 6.18 Å². The molecular weight excluding hydrogens is 339 g/mol. The van der Waals surface area contributed by atoms with E-state index in [1.165, 1.54) is 23.5 Å². The summed E-state index contributed by atoms with van der Waals surface area (Å²) in [5.74, 6) is -0.476. The Labute approximate surface area is 141 Å². The van der Waals surface area contributed by atoms with Crippen LogP contribution in [0.25, 0.3) is 0 Å². The third-order valence-electron chi connectivity index (χ3n) is 3.34. The highest BCUT2D eigenvalue weighted by atomic mass is 32.1. The summed E-state index contributed by atoms with van der Waals surface area (Å²) < 4.78 is 37.8. The molecule has 0 aliphatic carbocycles. The Morgan fingerprint density at radius 3 is 2.50 bits per heavy atom. The van der Waals surface area contributed by atoms with Crippen LogP contribution in [0.15, 0.2) is 36.4 Å². The topological polar surface area (TPSA) is 46.2 Å². The number of thiophene rings is 1. The Kier molecular flexibility index (Phi) is 5.77. The Bertz CT molecular complexity index is 737. The van der Waals surface area contributed by atoms with Crippen LogP contribution >= 0.6 is 11.3 Å². The lowest BCUT2D eigenvalue weighted by molar-refractivity contribution is -0.137. The molecule has 0 fully saturated rings. The van der Waals surface area contributed by atoms with Gasteiger partial charge in [0.25, 0.3) is 0 Å². The quantitative estimate of drug-likeness (QED) is 0.783. The molecule has 0 spiro atoms. The minimum atomic E-state index is -4.41. The monoisotopic (exact) mass is 355 g/mol. The van der Waals surface area contributed by atoms with Crippen molar-refractivity contribution in [1.82, 2.24) is 5.32 Å². The van der Waals surface area contributed by atoms with Crippen molar-refractivity contribution in [2.75, 3.05) is 0 Å². The van der Waals surface area contributed by atoms with Crippen LogP contribution in [0, 0.1) is 6.92 Å². The molecule has 1 aromatic heterocycles. The number of Topliss-reactive ketones (excluding diaryl/α,β-unsaturated/α-hetero) is 1. The first kappa shape index (κ1) is 18.2. The maximum Gasteiger partial charge on any atom is 0.416 e. The van der Waals surface area contributed by atoms with Gasteiger partial charge in [-0.1, -0.05) is 12.1 Å². The van der Waals surface area contributed by atoms with Gasteiger partial charge in [-0.3, -0.25) is 9.59 Å². The highest BCUT2D eigenvalue weighted by Crippen LogP contribution is 2.29. The number of halogens is 3. The number of alkyl halides is 3. The van der Waals surface area contributed by atoms with Crippen molar-refractivity contribution < 1.29 is 22.8 Å². The zero-order chi connectivity index (χ0) is 17.7. The summed E-state index contributed by atoms with van der Waals surface area (Å²) >= 11 is 1.37. The molecule has 0 radical (unpaired) electrons. The summed E-state index contributed by atoms with van der Waals surface area (Å²) in [6, 6.07) is 8.35. The highest BCUT2D eigenvalue weighted by molar-refractivity contribution is 7.14. The minimum absolute atomic E-state index is 0.00491. The van der Waals surface area contributed by atoms with Crippen molar-refractivity contribution in [3.8, 4) is 0 Å². The van der Waals surface area contributed by atoms with E-state index in [0.717, 1.165) is 17.0 Å². The SMILES string of the molecule is Cc1ccc(C(=O)CCC(=O)NCc2cccc(C(F)(F)F)c2)s1. The molecule has 2 aromatic rings. The second-order valence-corrected chi connectivity index (χ2v) is 6.60. The first-order chi connectivity index (χ1) is 11.3. The first-order valence-corrected chi connectivity index (χ1v) is 8.10. The van der Waals surface area contributed by atoms with Crippen molar-refractivity contribution in [3.05, 3.63) is 57.3 Å². The van der Waals surface area contributed by atoms with Gasteiger partial charge in [0.15, 0.2) is 5.78 Å². The lowest BCUT2D eigenvalue weighted by Gasteiger charge is -2.09. The van der Waals surface area contributed by atoms with E-state index in [9.17, 15) is 22.8 Å². The number of nitrogens with one attached hydrogen (secondary N) is 1. The molecule has 0 unspecified atom stereocenters. The number of amides is 1. The van der Waals surface area contributed by atoms with Crippen LogP contribution in [0.1, 0.15) is 38.5 Å². The van der Waals surface area contributed by atoms with Gasteiger partial charge in [-0.05, 0) is 36.8 Å². The van der Waals surface area contributed by atoms with Gasteiger partial charge in [0.2, 0.25) is 5.91 Å². The second-order valence-electron chi connectivity index (χ2n) is 5.31. The fourth-order valence-electron chi connectivity index (χ4n) is 2.08. The number of aryl methyl sites for hydroxylation is 1. The lowest BCUT2D eigenvalue weighted by atomic mass is 10.1. The van der Waals surface area contributed by atoms with Crippen molar-refractivity contribution in [2.24, 2.45) is 0 Å². The fourth-order valence-corrected chi connectivity index (χ4v) is 2.92. The molecule has 0 atom stereocenters. The predicted molar refractivity (Wildman–Crippen MR) is 85.9 cm³/mol. The van der Waals surface area contributed by atoms with Gasteiger partial charge in [-0.2, -0.15) is 13.2 Å². The molecule has 1 aromatic carbocycles. The van der Waals surface area contributed by atoms with Crippen LogP contribution in [0.5, 0.6) is 0 Å². The molecule has 0 aliphatic heterocycles. The molecule has 0 saturated heterocycles. The predicted octanol–water partition coefficient (Wildman–Crippen LogP) is 4.35. The summed E-state index contributed by atoms with van der Waals surface area (Å²) in [4.78, 5) is 25.3. The summed E-state index contributed by atoms with van der Waals surface area (Å²) in [5.41, 5.74) is -0.393. The maximum absolute atomic E-state index is 12.6. The van der Waals surface area contributed by atoms with Crippen LogP contribution in [0.3, 0.4) is 0 Å². The average Bonchev–Trinajstić information content (AvgIpc) is 2.96. The largest absolute Gasteiger partial charge is 0.416 e. The van der Waals surface area contributed by atoms with E-state index < -0.39 is 11.7 Å². The normalized spacial score (nSPS) is 11.3. The standard InChI is InChI=1S/C17H16F3NO2S/c1-11-5-7-15(24-11)14(22)6-8-16(23)21-10-12-3-2-4-13(9-12)17(18,19)20/h2-5,7,9H,6,8,10H2,1H3,(H,21,23). The van der Waals surface area contributed by atoms with E-state index in [-0.39, 0.29) is 31.1 Å². The molecule has 1 N–H and O–H groups in total. The van der Waals surface area contributed by atoms with Crippen LogP contribution in [0.4, 0.5) is 13.2 Å². The third kappa shape index (κ3) is 5.19. The molecule has 0 saturated carbocycles. The number of carbonyl (C=O) groups excluding carboxylic acids is 2. The number of ketones is 1. The smallest absolute Gasteiger partial charge is 0.352 e. The van der Waals surface area contributed by atoms with Gasteiger partial charge in [-0.25, -0.2) is 0 Å². The van der Waals surface area contributed by atoms with E-state index in [0.29, 0.717) is 10.4 Å². The Balaban J connectivity index is 1.82. The van der Waals surface area contributed by atoms with Crippen molar-refractivity contribution in [3.63, 3.8) is 0 Å². The summed E-state index contributed by atoms with van der Waals surface area (Å²) in [6.07, 6.45) is -4.33. The summed E-state index contributed by atoms with van der Waals surface area (Å²) in [6.45, 7) is 1.89. The van der Waals surface area contributed by atoms with Gasteiger partial charge in [0.05, 0.1) is 10.4 Å². The second kappa shape index (κ2) is 7.61. The van der Waals surface area contributed by atoms with Crippen molar-refractivity contribution in [1.29, 1.82) is 0 Å². The van der Waals surface area contributed by atoms with Gasteiger partial charge in [-0.15, -0.1) is 11.3 Å². The van der Waals surface area contributed by atoms with Crippen molar-refractivity contribution in [2.45, 2.75) is 32.5 Å². The van der Waals surface area contributed by atoms with E-state index in [4.69, 9.17) is 0 Å². The van der Waals surface area contributed by atoms with Crippen LogP contribution in [-0.2, 0) is 17.5 Å². The molecule has 128 valence electrons. The molecule has 0 aliphatic rings. The van der Waals surface area contributed by atoms with E-state index in [1.807, 2.05) is 13.0 Å². The number of benzene rings is 1. The lowest BCUT2D eigenvalue weighted by Crippen LogP contribution is -2.23. The number of carbonyl (C=O) groups is 2. The van der Waals surface area contributed by atoms with E-state index in [1.54, 1.807) is 6.07 Å². The van der Waals surface area contributed by atoms with Gasteiger partial charge < -0.3 is 5.32 Å². The zero-order valence-electron chi connectivity index (χ0n) is 12.9. The average molecular weight is 355 g/mol. The Hall–Kier alpha value is -2.15. The maximum atomic E-state index is 12.6. The fraction of sp³-hybridized carbons (Fsp3) is 0.294. The highest BCUT2D eigenvalue weighted by Gasteiger charge is 2.30. The van der Waals surface area contributed by atoms with Gasteiger partial charge in [0, 0.05) is 24.3 Å². The minimum Gasteiger partial charge on any atom is -0.352 e. The molecule has 3 nitrogen and oxygen atoms in total. The molecule has 0 bridgehead atoms. The van der Waals surface area contributed by atoms with Crippen LogP contribution in [0.2, 0.25) is 0 Å².